The van der Waals surface area contributed by atoms with Crippen molar-refractivity contribution in [3.63, 3.8) is 0 Å². The molecule has 2 rings (SSSR count). The maximum absolute atomic E-state index is 12.7. The Kier molecular flexibility index (Phi) is 7.95. The van der Waals surface area contributed by atoms with Gasteiger partial charge < -0.3 is 24.1 Å². The van der Waals surface area contributed by atoms with Gasteiger partial charge in [0, 0.05) is 17.9 Å². The van der Waals surface area contributed by atoms with Gasteiger partial charge in [0.15, 0.2) is 18.1 Å². The van der Waals surface area contributed by atoms with Crippen molar-refractivity contribution >= 4 is 11.9 Å². The van der Waals surface area contributed by atoms with E-state index in [0.29, 0.717) is 24.5 Å². The van der Waals surface area contributed by atoms with E-state index in [4.69, 9.17) is 14.2 Å². The van der Waals surface area contributed by atoms with Crippen molar-refractivity contribution in [2.75, 3.05) is 27.4 Å². The predicted octanol–water partition coefficient (Wildman–Crippen LogP) is 3.20. The molecule has 1 aromatic carbocycles. The molecule has 7 nitrogen and oxygen atoms in total. The number of hydrogen-bond donors (Lipinski definition) is 1. The average molecular weight is 442 g/mol. The Labute approximate surface area is 178 Å². The third-order valence-corrected chi connectivity index (χ3v) is 4.65. The third-order valence-electron chi connectivity index (χ3n) is 4.65. The maximum atomic E-state index is 12.7. The number of halogens is 3. The predicted molar refractivity (Wildman–Crippen MR) is 107 cm³/mol. The summed E-state index contributed by atoms with van der Waals surface area (Å²) in [7, 11) is 3.06. The summed E-state index contributed by atoms with van der Waals surface area (Å²) in [6.45, 7) is 1.43. The second kappa shape index (κ2) is 10.2. The molecule has 10 heteroatoms. The van der Waals surface area contributed by atoms with Gasteiger partial charge in [-0.2, -0.15) is 13.2 Å². The largest absolute Gasteiger partial charge is 0.493 e. The van der Waals surface area contributed by atoms with Gasteiger partial charge in [-0.1, -0.05) is 6.07 Å². The van der Waals surface area contributed by atoms with Gasteiger partial charge in [0.1, 0.15) is 6.54 Å². The van der Waals surface area contributed by atoms with Crippen LogP contribution in [0.1, 0.15) is 27.3 Å². The van der Waals surface area contributed by atoms with Crippen molar-refractivity contribution in [2.45, 2.75) is 33.0 Å². The number of carbonyl (C=O) groups excluding carboxylic acids is 2. The molecule has 0 aliphatic rings. The van der Waals surface area contributed by atoms with Crippen LogP contribution in [0.4, 0.5) is 13.2 Å². The van der Waals surface area contributed by atoms with Gasteiger partial charge in [0.2, 0.25) is 0 Å². The summed E-state index contributed by atoms with van der Waals surface area (Å²) < 4.78 is 54.4. The highest BCUT2D eigenvalue weighted by Crippen LogP contribution is 2.27. The molecule has 0 unspecified atom stereocenters. The van der Waals surface area contributed by atoms with Gasteiger partial charge in [-0.15, -0.1) is 0 Å². The Bertz CT molecular complexity index is 938. The zero-order valence-corrected chi connectivity index (χ0v) is 17.8. The molecule has 0 atom stereocenters. The summed E-state index contributed by atoms with van der Waals surface area (Å²) in [5, 5.41) is 2.62. The van der Waals surface area contributed by atoms with E-state index in [9.17, 15) is 22.8 Å². The number of benzene rings is 1. The summed E-state index contributed by atoms with van der Waals surface area (Å²) in [4.78, 5) is 24.2. The van der Waals surface area contributed by atoms with Crippen molar-refractivity contribution in [3.05, 3.63) is 46.8 Å². The van der Waals surface area contributed by atoms with Crippen LogP contribution in [0.25, 0.3) is 0 Å². The highest BCUT2D eigenvalue weighted by molar-refractivity contribution is 5.92. The number of hydrogen-bond acceptors (Lipinski definition) is 5. The van der Waals surface area contributed by atoms with Crippen molar-refractivity contribution in [2.24, 2.45) is 0 Å². The minimum Gasteiger partial charge on any atom is -0.493 e. The average Bonchev–Trinajstić information content (AvgIpc) is 2.98. The van der Waals surface area contributed by atoms with Crippen LogP contribution in [-0.4, -0.2) is 50.0 Å². The van der Waals surface area contributed by atoms with Crippen molar-refractivity contribution < 1.29 is 37.0 Å². The fourth-order valence-corrected chi connectivity index (χ4v) is 3.07. The Morgan fingerprint density at radius 3 is 2.35 bits per heavy atom. The number of amides is 1. The van der Waals surface area contributed by atoms with E-state index in [1.54, 1.807) is 12.1 Å². The van der Waals surface area contributed by atoms with Crippen LogP contribution in [0.3, 0.4) is 0 Å². The molecular formula is C21H25F3N2O5. The lowest BCUT2D eigenvalue weighted by Crippen LogP contribution is -2.30. The monoisotopic (exact) mass is 442 g/mol. The molecule has 1 aromatic heterocycles. The number of nitrogens with zero attached hydrogens (tertiary/aromatic N) is 1. The number of methoxy groups -OCH3 is 2. The van der Waals surface area contributed by atoms with Gasteiger partial charge in [-0.3, -0.25) is 4.79 Å². The van der Waals surface area contributed by atoms with Gasteiger partial charge in [0.25, 0.3) is 5.91 Å². The molecule has 0 radical (unpaired) electrons. The van der Waals surface area contributed by atoms with Crippen LogP contribution >= 0.6 is 0 Å². The minimum atomic E-state index is -4.41. The molecule has 0 bridgehead atoms. The van der Waals surface area contributed by atoms with E-state index in [1.165, 1.54) is 34.1 Å². The molecule has 0 fully saturated rings. The highest BCUT2D eigenvalue weighted by Gasteiger charge is 2.30. The first-order chi connectivity index (χ1) is 14.6. The number of nitrogens with one attached hydrogen (secondary N) is 1. The number of alkyl halides is 3. The molecule has 0 aliphatic heterocycles. The molecule has 1 amide bonds. The highest BCUT2D eigenvalue weighted by atomic mass is 19.4. The molecule has 2 aromatic rings. The lowest BCUT2D eigenvalue weighted by atomic mass is 10.1. The SMILES string of the molecule is COc1ccc(CCNC(=O)COC(=O)c2cc(C)n(CC(F)(F)F)c2C)cc1OC. The quantitative estimate of drug-likeness (QED) is 0.604. The van der Waals surface area contributed by atoms with Crippen molar-refractivity contribution in [1.29, 1.82) is 0 Å². The van der Waals surface area contributed by atoms with E-state index in [0.717, 1.165) is 10.1 Å². The number of aryl methyl sites for hydroxylation is 1. The topological polar surface area (TPSA) is 78.8 Å². The van der Waals surface area contributed by atoms with Crippen LogP contribution in [0.15, 0.2) is 24.3 Å². The number of ether oxygens (including phenoxy) is 3. The zero-order chi connectivity index (χ0) is 23.2. The first-order valence-electron chi connectivity index (χ1n) is 9.44. The maximum Gasteiger partial charge on any atom is 0.406 e. The zero-order valence-electron chi connectivity index (χ0n) is 17.8. The molecular weight excluding hydrogens is 417 g/mol. The number of aromatic nitrogens is 1. The van der Waals surface area contributed by atoms with Gasteiger partial charge in [-0.25, -0.2) is 4.79 Å². The number of carbonyl (C=O) groups is 2. The summed E-state index contributed by atoms with van der Waals surface area (Å²) in [6.07, 6.45) is -3.90. The van der Waals surface area contributed by atoms with Gasteiger partial charge in [-0.05, 0) is 44.0 Å². The third kappa shape index (κ3) is 6.66. The molecule has 170 valence electrons. The fraction of sp³-hybridized carbons (Fsp3) is 0.429. The standard InChI is InChI=1S/C21H25F3N2O5/c1-13-9-16(14(2)26(13)12-21(22,23)24)20(28)31-11-19(27)25-8-7-15-5-6-17(29-3)18(10-15)30-4/h5-6,9-10H,7-8,11-12H2,1-4H3,(H,25,27). The lowest BCUT2D eigenvalue weighted by molar-refractivity contribution is -0.141. The number of esters is 1. The Balaban J connectivity index is 1.85. The van der Waals surface area contributed by atoms with E-state index in [-0.39, 0.29) is 17.0 Å². The van der Waals surface area contributed by atoms with Gasteiger partial charge in [0.05, 0.1) is 19.8 Å². The first kappa shape index (κ1) is 24.1. The van der Waals surface area contributed by atoms with Crippen molar-refractivity contribution in [1.82, 2.24) is 9.88 Å². The van der Waals surface area contributed by atoms with Crippen LogP contribution in [0.5, 0.6) is 11.5 Å². The Morgan fingerprint density at radius 2 is 1.74 bits per heavy atom. The second-order valence-corrected chi connectivity index (χ2v) is 6.85. The van der Waals surface area contributed by atoms with E-state index < -0.39 is 31.2 Å². The van der Waals surface area contributed by atoms with Crippen LogP contribution in [-0.2, 0) is 22.5 Å². The Hall–Kier alpha value is -3.17. The van der Waals surface area contributed by atoms with Crippen LogP contribution in [0, 0.1) is 13.8 Å². The van der Waals surface area contributed by atoms with Crippen LogP contribution in [0.2, 0.25) is 0 Å². The molecule has 0 aliphatic carbocycles. The van der Waals surface area contributed by atoms with E-state index in [1.807, 2.05) is 6.07 Å². The molecule has 1 heterocycles. The van der Waals surface area contributed by atoms with E-state index in [2.05, 4.69) is 5.32 Å². The molecule has 0 saturated carbocycles. The summed E-state index contributed by atoms with van der Waals surface area (Å²) in [5.74, 6) is -0.199. The van der Waals surface area contributed by atoms with Gasteiger partial charge >= 0.3 is 12.1 Å². The van der Waals surface area contributed by atoms with Crippen LogP contribution < -0.4 is 14.8 Å². The van der Waals surface area contributed by atoms with E-state index >= 15 is 0 Å². The normalized spacial score (nSPS) is 11.2. The summed E-state index contributed by atoms with van der Waals surface area (Å²) >= 11 is 0. The lowest BCUT2D eigenvalue weighted by Gasteiger charge is -2.12. The fourth-order valence-electron chi connectivity index (χ4n) is 3.07. The summed E-state index contributed by atoms with van der Waals surface area (Å²) in [6, 6.07) is 6.71. The smallest absolute Gasteiger partial charge is 0.406 e. The molecule has 0 saturated heterocycles. The second-order valence-electron chi connectivity index (χ2n) is 6.85. The molecule has 1 N–H and O–H groups in total. The Morgan fingerprint density at radius 1 is 1.06 bits per heavy atom. The molecule has 0 spiro atoms. The van der Waals surface area contributed by atoms with Crippen molar-refractivity contribution in [3.8, 4) is 11.5 Å². The molecule has 31 heavy (non-hydrogen) atoms. The first-order valence-corrected chi connectivity index (χ1v) is 9.44. The summed E-state index contributed by atoms with van der Waals surface area (Å²) in [5.41, 5.74) is 1.32. The minimum absolute atomic E-state index is 0.000113. The number of rotatable bonds is 9.